The van der Waals surface area contributed by atoms with Crippen molar-refractivity contribution in [3.05, 3.63) is 18.2 Å². The standard InChI is InChI=1S/C14H21NO4/c16-13-4-3-12(11-14(13)17)19-8-2-1-5-15-6-9-18-10-7-15/h3-4,11,16-17H,1-2,5-10H2. The molecule has 1 fully saturated rings. The Kier molecular flexibility index (Phi) is 5.30. The van der Waals surface area contributed by atoms with Crippen LogP contribution in [0.2, 0.25) is 0 Å². The third kappa shape index (κ3) is 4.61. The van der Waals surface area contributed by atoms with Crippen LogP contribution in [0.4, 0.5) is 0 Å². The summed E-state index contributed by atoms with van der Waals surface area (Å²) in [5, 5.41) is 18.5. The minimum atomic E-state index is -0.147. The molecule has 2 N–H and O–H groups in total. The molecule has 0 amide bonds. The van der Waals surface area contributed by atoms with Gasteiger partial charge in [-0.1, -0.05) is 0 Å². The zero-order chi connectivity index (χ0) is 13.5. The summed E-state index contributed by atoms with van der Waals surface area (Å²) >= 11 is 0. The molecule has 5 nitrogen and oxygen atoms in total. The Balaban J connectivity index is 1.59. The van der Waals surface area contributed by atoms with E-state index in [1.165, 1.54) is 12.1 Å². The van der Waals surface area contributed by atoms with E-state index in [0.717, 1.165) is 45.7 Å². The minimum Gasteiger partial charge on any atom is -0.504 e. The van der Waals surface area contributed by atoms with Crippen molar-refractivity contribution in [2.24, 2.45) is 0 Å². The number of aromatic hydroxyl groups is 2. The molecule has 19 heavy (non-hydrogen) atoms. The van der Waals surface area contributed by atoms with Crippen LogP contribution in [0.1, 0.15) is 12.8 Å². The Bertz CT molecular complexity index is 391. The number of unbranched alkanes of at least 4 members (excludes halogenated alkanes) is 1. The molecular formula is C14H21NO4. The lowest BCUT2D eigenvalue weighted by Gasteiger charge is -2.26. The average Bonchev–Trinajstić information content (AvgIpc) is 2.43. The molecule has 0 unspecified atom stereocenters. The Morgan fingerprint density at radius 3 is 2.63 bits per heavy atom. The fraction of sp³-hybridized carbons (Fsp3) is 0.571. The summed E-state index contributed by atoms with van der Waals surface area (Å²) in [5.41, 5.74) is 0. The highest BCUT2D eigenvalue weighted by Gasteiger charge is 2.09. The maximum atomic E-state index is 9.32. The SMILES string of the molecule is Oc1ccc(OCCCCN2CCOCC2)cc1O. The topological polar surface area (TPSA) is 62.2 Å². The predicted molar refractivity (Wildman–Crippen MR) is 71.8 cm³/mol. The number of nitrogens with zero attached hydrogens (tertiary/aromatic N) is 1. The predicted octanol–water partition coefficient (Wildman–Crippen LogP) is 1.59. The van der Waals surface area contributed by atoms with Gasteiger partial charge in [-0.25, -0.2) is 0 Å². The summed E-state index contributed by atoms with van der Waals surface area (Å²) in [6, 6.07) is 4.51. The summed E-state index contributed by atoms with van der Waals surface area (Å²) < 4.78 is 10.8. The third-order valence-electron chi connectivity index (χ3n) is 3.19. The molecule has 1 aliphatic heterocycles. The van der Waals surface area contributed by atoms with Crippen molar-refractivity contribution in [1.82, 2.24) is 4.90 Å². The summed E-state index contributed by atoms with van der Waals surface area (Å²) in [6.07, 6.45) is 2.06. The highest BCUT2D eigenvalue weighted by atomic mass is 16.5. The summed E-state index contributed by atoms with van der Waals surface area (Å²) in [5.74, 6) is 0.312. The molecule has 0 radical (unpaired) electrons. The van der Waals surface area contributed by atoms with Crippen molar-refractivity contribution in [3.63, 3.8) is 0 Å². The van der Waals surface area contributed by atoms with Crippen LogP contribution in [0.15, 0.2) is 18.2 Å². The van der Waals surface area contributed by atoms with Gasteiger partial charge in [-0.15, -0.1) is 0 Å². The van der Waals surface area contributed by atoms with Crippen molar-refractivity contribution in [2.75, 3.05) is 39.5 Å². The second-order valence-electron chi connectivity index (χ2n) is 4.66. The number of phenolic OH excluding ortho intramolecular Hbond substituents is 2. The van der Waals surface area contributed by atoms with E-state index < -0.39 is 0 Å². The molecular weight excluding hydrogens is 246 g/mol. The van der Waals surface area contributed by atoms with Crippen LogP contribution in [0.3, 0.4) is 0 Å². The Morgan fingerprint density at radius 1 is 1.11 bits per heavy atom. The van der Waals surface area contributed by atoms with Crippen LogP contribution in [-0.4, -0.2) is 54.6 Å². The number of hydrogen-bond donors (Lipinski definition) is 2. The molecule has 0 aromatic heterocycles. The van der Waals surface area contributed by atoms with Crippen LogP contribution < -0.4 is 4.74 Å². The second kappa shape index (κ2) is 7.21. The Morgan fingerprint density at radius 2 is 1.89 bits per heavy atom. The Labute approximate surface area is 113 Å². The van der Waals surface area contributed by atoms with E-state index in [4.69, 9.17) is 9.47 Å². The van der Waals surface area contributed by atoms with Crippen LogP contribution in [0, 0.1) is 0 Å². The first-order valence-corrected chi connectivity index (χ1v) is 6.70. The van der Waals surface area contributed by atoms with E-state index >= 15 is 0 Å². The molecule has 2 rings (SSSR count). The Hall–Kier alpha value is -1.46. The van der Waals surface area contributed by atoms with E-state index in [2.05, 4.69) is 4.90 Å². The van der Waals surface area contributed by atoms with Gasteiger partial charge in [0.25, 0.3) is 0 Å². The zero-order valence-corrected chi connectivity index (χ0v) is 11.0. The number of phenols is 2. The van der Waals surface area contributed by atoms with Crippen molar-refractivity contribution >= 4 is 0 Å². The van der Waals surface area contributed by atoms with Crippen molar-refractivity contribution in [3.8, 4) is 17.2 Å². The van der Waals surface area contributed by atoms with Crippen LogP contribution in [0.5, 0.6) is 17.2 Å². The maximum Gasteiger partial charge on any atom is 0.161 e. The molecule has 5 heteroatoms. The van der Waals surface area contributed by atoms with E-state index in [9.17, 15) is 10.2 Å². The van der Waals surface area contributed by atoms with E-state index in [-0.39, 0.29) is 11.5 Å². The van der Waals surface area contributed by atoms with E-state index in [1.807, 2.05) is 0 Å². The summed E-state index contributed by atoms with van der Waals surface area (Å²) in [4.78, 5) is 2.40. The molecule has 1 aliphatic rings. The number of ether oxygens (including phenoxy) is 2. The van der Waals surface area contributed by atoms with Gasteiger partial charge >= 0.3 is 0 Å². The van der Waals surface area contributed by atoms with Crippen LogP contribution in [-0.2, 0) is 4.74 Å². The first-order valence-electron chi connectivity index (χ1n) is 6.70. The van der Waals surface area contributed by atoms with Gasteiger partial charge in [-0.05, 0) is 31.5 Å². The van der Waals surface area contributed by atoms with Gasteiger partial charge < -0.3 is 19.7 Å². The number of morpholine rings is 1. The van der Waals surface area contributed by atoms with E-state index in [0.29, 0.717) is 12.4 Å². The molecule has 1 aromatic rings. The molecule has 0 aliphatic carbocycles. The number of rotatable bonds is 6. The molecule has 1 aromatic carbocycles. The van der Waals surface area contributed by atoms with Gasteiger partial charge in [-0.2, -0.15) is 0 Å². The number of hydrogen-bond acceptors (Lipinski definition) is 5. The second-order valence-corrected chi connectivity index (χ2v) is 4.66. The maximum absolute atomic E-state index is 9.32. The summed E-state index contributed by atoms with van der Waals surface area (Å²) in [7, 11) is 0. The molecule has 1 heterocycles. The van der Waals surface area contributed by atoms with Crippen molar-refractivity contribution in [1.29, 1.82) is 0 Å². The molecule has 0 saturated carbocycles. The van der Waals surface area contributed by atoms with Gasteiger partial charge in [0.2, 0.25) is 0 Å². The average molecular weight is 267 g/mol. The van der Waals surface area contributed by atoms with Gasteiger partial charge in [0.05, 0.1) is 19.8 Å². The lowest BCUT2D eigenvalue weighted by atomic mass is 10.3. The fourth-order valence-electron chi connectivity index (χ4n) is 2.05. The van der Waals surface area contributed by atoms with E-state index in [1.54, 1.807) is 6.07 Å². The fourth-order valence-corrected chi connectivity index (χ4v) is 2.05. The smallest absolute Gasteiger partial charge is 0.161 e. The zero-order valence-electron chi connectivity index (χ0n) is 11.0. The van der Waals surface area contributed by atoms with Gasteiger partial charge in [0, 0.05) is 19.2 Å². The molecule has 0 bridgehead atoms. The van der Waals surface area contributed by atoms with Gasteiger partial charge in [0.15, 0.2) is 11.5 Å². The third-order valence-corrected chi connectivity index (χ3v) is 3.19. The normalized spacial score (nSPS) is 16.4. The lowest BCUT2D eigenvalue weighted by molar-refractivity contribution is 0.0368. The van der Waals surface area contributed by atoms with Crippen molar-refractivity contribution in [2.45, 2.75) is 12.8 Å². The van der Waals surface area contributed by atoms with Crippen LogP contribution >= 0.6 is 0 Å². The molecule has 0 spiro atoms. The first-order chi connectivity index (χ1) is 9.25. The largest absolute Gasteiger partial charge is 0.504 e. The quantitative estimate of drug-likeness (QED) is 0.605. The molecule has 0 atom stereocenters. The highest BCUT2D eigenvalue weighted by Crippen LogP contribution is 2.28. The minimum absolute atomic E-state index is 0.125. The molecule has 106 valence electrons. The van der Waals surface area contributed by atoms with Crippen LogP contribution in [0.25, 0.3) is 0 Å². The molecule has 1 saturated heterocycles. The van der Waals surface area contributed by atoms with Crippen molar-refractivity contribution < 1.29 is 19.7 Å². The van der Waals surface area contributed by atoms with Gasteiger partial charge in [-0.3, -0.25) is 4.90 Å². The lowest BCUT2D eigenvalue weighted by Crippen LogP contribution is -2.36. The van der Waals surface area contributed by atoms with Gasteiger partial charge in [0.1, 0.15) is 5.75 Å². The summed E-state index contributed by atoms with van der Waals surface area (Å²) in [6.45, 7) is 5.41. The highest BCUT2D eigenvalue weighted by molar-refractivity contribution is 5.43. The first kappa shape index (κ1) is 14.0. The monoisotopic (exact) mass is 267 g/mol. The number of benzene rings is 1.